The Kier molecular flexibility index (Phi) is 4.81. The van der Waals surface area contributed by atoms with Crippen LogP contribution in [0.3, 0.4) is 0 Å². The van der Waals surface area contributed by atoms with Crippen LogP contribution < -0.4 is 10.5 Å². The number of benzene rings is 1. The summed E-state index contributed by atoms with van der Waals surface area (Å²) < 4.78 is 5.63. The van der Waals surface area contributed by atoms with Gasteiger partial charge in [-0.25, -0.2) is 0 Å². The summed E-state index contributed by atoms with van der Waals surface area (Å²) in [6.45, 7) is 10.9. The molecule has 1 heterocycles. The molecule has 4 heteroatoms. The predicted molar refractivity (Wildman–Crippen MR) is 89.0 cm³/mol. The lowest BCUT2D eigenvalue weighted by Crippen LogP contribution is -2.36. The summed E-state index contributed by atoms with van der Waals surface area (Å²) in [6.07, 6.45) is 0.968. The number of nitrogens with zero attached hydrogens (tertiary/aromatic N) is 1. The highest BCUT2D eigenvalue weighted by Crippen LogP contribution is 2.28. The summed E-state index contributed by atoms with van der Waals surface area (Å²) >= 11 is 0. The number of likely N-dealkylation sites (tertiary alicyclic amines) is 1. The molecule has 0 saturated carbocycles. The van der Waals surface area contributed by atoms with E-state index in [9.17, 15) is 4.79 Å². The van der Waals surface area contributed by atoms with Crippen molar-refractivity contribution in [2.75, 3.05) is 26.2 Å². The van der Waals surface area contributed by atoms with E-state index in [4.69, 9.17) is 10.5 Å². The standard InChI is InChI=1S/C18H28N2O2/c1-17(2,3)14-5-7-15(8-6-14)22-11-16(21)20-10-9-18(4,12-19)13-20/h5-8H,9-13,19H2,1-4H3. The molecule has 1 unspecified atom stereocenters. The highest BCUT2D eigenvalue weighted by Gasteiger charge is 2.34. The smallest absolute Gasteiger partial charge is 0.260 e. The molecule has 1 atom stereocenters. The summed E-state index contributed by atoms with van der Waals surface area (Å²) in [5.74, 6) is 0.777. The number of hydrogen-bond acceptors (Lipinski definition) is 3. The van der Waals surface area contributed by atoms with Crippen LogP contribution in [0.5, 0.6) is 5.75 Å². The molecule has 1 aromatic rings. The molecule has 2 rings (SSSR count). The molecule has 0 spiro atoms. The molecule has 0 bridgehead atoms. The van der Waals surface area contributed by atoms with Gasteiger partial charge in [0.25, 0.3) is 5.91 Å². The Morgan fingerprint density at radius 1 is 1.32 bits per heavy atom. The minimum Gasteiger partial charge on any atom is -0.484 e. The molecule has 1 saturated heterocycles. The van der Waals surface area contributed by atoms with Crippen LogP contribution in [-0.4, -0.2) is 37.0 Å². The van der Waals surface area contributed by atoms with Gasteiger partial charge in [0.2, 0.25) is 0 Å². The number of amides is 1. The molecule has 1 amide bonds. The third-order valence-corrected chi connectivity index (χ3v) is 4.49. The maximum Gasteiger partial charge on any atom is 0.260 e. The quantitative estimate of drug-likeness (QED) is 0.930. The number of rotatable bonds is 4. The molecule has 0 radical (unpaired) electrons. The van der Waals surface area contributed by atoms with Crippen LogP contribution in [0.1, 0.15) is 39.7 Å². The van der Waals surface area contributed by atoms with Gasteiger partial charge in [0.1, 0.15) is 5.75 Å². The van der Waals surface area contributed by atoms with Crippen LogP contribution in [0, 0.1) is 5.41 Å². The Morgan fingerprint density at radius 2 is 1.95 bits per heavy atom. The number of carbonyl (C=O) groups excluding carboxylic acids is 1. The summed E-state index contributed by atoms with van der Waals surface area (Å²) in [7, 11) is 0. The topological polar surface area (TPSA) is 55.6 Å². The van der Waals surface area contributed by atoms with Crippen molar-refractivity contribution >= 4 is 5.91 Å². The first-order chi connectivity index (χ1) is 10.2. The van der Waals surface area contributed by atoms with Gasteiger partial charge in [-0.15, -0.1) is 0 Å². The zero-order chi connectivity index (χ0) is 16.4. The van der Waals surface area contributed by atoms with Gasteiger partial charge in [-0.3, -0.25) is 4.79 Å². The molecule has 0 aromatic heterocycles. The Labute approximate surface area is 133 Å². The lowest BCUT2D eigenvalue weighted by molar-refractivity contribution is -0.132. The van der Waals surface area contributed by atoms with Gasteiger partial charge in [0.05, 0.1) is 0 Å². The van der Waals surface area contributed by atoms with E-state index in [0.717, 1.165) is 25.3 Å². The second-order valence-electron chi connectivity index (χ2n) is 7.64. The van der Waals surface area contributed by atoms with Gasteiger partial charge >= 0.3 is 0 Å². The maximum absolute atomic E-state index is 12.2. The Bertz CT molecular complexity index is 519. The van der Waals surface area contributed by atoms with Crippen LogP contribution >= 0.6 is 0 Å². The second-order valence-corrected chi connectivity index (χ2v) is 7.64. The van der Waals surface area contributed by atoms with Crippen LogP contribution in [0.4, 0.5) is 0 Å². The molecular formula is C18H28N2O2. The van der Waals surface area contributed by atoms with Crippen LogP contribution in [-0.2, 0) is 10.2 Å². The monoisotopic (exact) mass is 304 g/mol. The first-order valence-electron chi connectivity index (χ1n) is 7.95. The van der Waals surface area contributed by atoms with Crippen molar-refractivity contribution in [3.05, 3.63) is 29.8 Å². The molecule has 1 aliphatic rings. The molecule has 122 valence electrons. The number of carbonyl (C=O) groups is 1. The Hall–Kier alpha value is -1.55. The first-order valence-corrected chi connectivity index (χ1v) is 7.95. The molecule has 1 fully saturated rings. The fourth-order valence-electron chi connectivity index (χ4n) is 2.69. The van der Waals surface area contributed by atoms with E-state index in [1.165, 1.54) is 5.56 Å². The molecule has 1 aliphatic heterocycles. The minimum absolute atomic E-state index is 0.0390. The fraction of sp³-hybridized carbons (Fsp3) is 0.611. The van der Waals surface area contributed by atoms with Gasteiger partial charge in [-0.2, -0.15) is 0 Å². The van der Waals surface area contributed by atoms with E-state index in [0.29, 0.717) is 6.54 Å². The van der Waals surface area contributed by atoms with Gasteiger partial charge < -0.3 is 15.4 Å². The van der Waals surface area contributed by atoms with Crippen molar-refractivity contribution in [2.24, 2.45) is 11.1 Å². The molecule has 0 aliphatic carbocycles. The number of ether oxygens (including phenoxy) is 1. The van der Waals surface area contributed by atoms with E-state index < -0.39 is 0 Å². The van der Waals surface area contributed by atoms with Gasteiger partial charge in [-0.1, -0.05) is 39.8 Å². The van der Waals surface area contributed by atoms with Crippen molar-refractivity contribution in [2.45, 2.75) is 39.5 Å². The van der Waals surface area contributed by atoms with Crippen LogP contribution in [0.2, 0.25) is 0 Å². The average molecular weight is 304 g/mol. The molecule has 1 aromatic carbocycles. The highest BCUT2D eigenvalue weighted by molar-refractivity contribution is 5.78. The summed E-state index contributed by atoms with van der Waals surface area (Å²) in [4.78, 5) is 14.1. The van der Waals surface area contributed by atoms with Crippen molar-refractivity contribution < 1.29 is 9.53 Å². The fourth-order valence-corrected chi connectivity index (χ4v) is 2.69. The maximum atomic E-state index is 12.2. The van der Waals surface area contributed by atoms with Crippen molar-refractivity contribution in [3.63, 3.8) is 0 Å². The van der Waals surface area contributed by atoms with Gasteiger partial charge in [-0.05, 0) is 41.5 Å². The van der Waals surface area contributed by atoms with Crippen molar-refractivity contribution in [1.29, 1.82) is 0 Å². The van der Waals surface area contributed by atoms with Crippen molar-refractivity contribution in [1.82, 2.24) is 4.90 Å². The Balaban J connectivity index is 1.87. The van der Waals surface area contributed by atoms with E-state index in [1.807, 2.05) is 17.0 Å². The summed E-state index contributed by atoms with van der Waals surface area (Å²) in [5.41, 5.74) is 7.21. The third-order valence-electron chi connectivity index (χ3n) is 4.49. The van der Waals surface area contributed by atoms with Crippen LogP contribution in [0.25, 0.3) is 0 Å². The lowest BCUT2D eigenvalue weighted by atomic mass is 9.87. The number of hydrogen-bond donors (Lipinski definition) is 1. The SMILES string of the molecule is CC1(CN)CCN(C(=O)COc2ccc(C(C)(C)C)cc2)C1. The van der Waals surface area contributed by atoms with Crippen molar-refractivity contribution in [3.8, 4) is 5.75 Å². The van der Waals surface area contributed by atoms with Gasteiger partial charge in [0.15, 0.2) is 6.61 Å². The Morgan fingerprint density at radius 3 is 2.45 bits per heavy atom. The van der Waals surface area contributed by atoms with E-state index in [2.05, 4.69) is 39.8 Å². The number of nitrogens with two attached hydrogens (primary N) is 1. The summed E-state index contributed by atoms with van der Waals surface area (Å²) in [5, 5.41) is 0. The highest BCUT2D eigenvalue weighted by atomic mass is 16.5. The lowest BCUT2D eigenvalue weighted by Gasteiger charge is -2.22. The van der Waals surface area contributed by atoms with Gasteiger partial charge in [0, 0.05) is 13.1 Å². The molecular weight excluding hydrogens is 276 g/mol. The van der Waals surface area contributed by atoms with E-state index in [1.54, 1.807) is 0 Å². The van der Waals surface area contributed by atoms with E-state index in [-0.39, 0.29) is 23.3 Å². The zero-order valence-electron chi connectivity index (χ0n) is 14.2. The molecule has 22 heavy (non-hydrogen) atoms. The normalized spacial score (nSPS) is 22.0. The predicted octanol–water partition coefficient (Wildman–Crippen LogP) is 2.56. The summed E-state index contributed by atoms with van der Waals surface area (Å²) in [6, 6.07) is 7.98. The van der Waals surface area contributed by atoms with Crippen LogP contribution in [0.15, 0.2) is 24.3 Å². The second kappa shape index (κ2) is 6.29. The average Bonchev–Trinajstić information content (AvgIpc) is 2.88. The van der Waals surface area contributed by atoms with E-state index >= 15 is 0 Å². The molecule has 2 N–H and O–H groups in total. The third kappa shape index (κ3) is 4.01. The zero-order valence-corrected chi connectivity index (χ0v) is 14.2. The first kappa shape index (κ1) is 16.8. The largest absolute Gasteiger partial charge is 0.484 e. The minimum atomic E-state index is 0.0390. The molecule has 4 nitrogen and oxygen atoms in total.